The molecule has 1 N–H and O–H groups in total. The number of para-hydroxylation sites is 1. The van der Waals surface area contributed by atoms with Crippen LogP contribution in [0.4, 0.5) is 0 Å². The molecule has 0 amide bonds. The zero-order chi connectivity index (χ0) is 11.8. The highest BCUT2D eigenvalue weighted by Crippen LogP contribution is 2.31. The summed E-state index contributed by atoms with van der Waals surface area (Å²) in [6.45, 7) is 2.14. The highest BCUT2D eigenvalue weighted by molar-refractivity contribution is 7.71. The predicted molar refractivity (Wildman–Crippen MR) is 74.0 cm³/mol. The summed E-state index contributed by atoms with van der Waals surface area (Å²) >= 11 is 5.50. The monoisotopic (exact) mass is 246 g/mol. The van der Waals surface area contributed by atoms with Crippen LogP contribution < -0.4 is 0 Å². The Morgan fingerprint density at radius 2 is 2.00 bits per heavy atom. The molecule has 1 fully saturated rings. The maximum atomic E-state index is 5.50. The van der Waals surface area contributed by atoms with E-state index in [0.717, 1.165) is 4.77 Å². The number of aromatic nitrogens is 2. The van der Waals surface area contributed by atoms with Crippen LogP contribution in [0.5, 0.6) is 0 Å². The number of aromatic amines is 1. The Morgan fingerprint density at radius 3 is 2.76 bits per heavy atom. The maximum absolute atomic E-state index is 5.50. The molecule has 0 saturated heterocycles. The van der Waals surface area contributed by atoms with E-state index in [1.807, 2.05) is 0 Å². The third-order valence-corrected chi connectivity index (χ3v) is 4.20. The van der Waals surface area contributed by atoms with Gasteiger partial charge in [-0.05, 0) is 43.6 Å². The largest absolute Gasteiger partial charge is 0.330 e. The molecule has 0 aliphatic heterocycles. The van der Waals surface area contributed by atoms with Crippen LogP contribution in [-0.2, 0) is 0 Å². The highest BCUT2D eigenvalue weighted by Gasteiger charge is 2.18. The van der Waals surface area contributed by atoms with Gasteiger partial charge in [-0.15, -0.1) is 0 Å². The Hall–Kier alpha value is -1.09. The molecule has 0 unspecified atom stereocenters. The van der Waals surface area contributed by atoms with Crippen LogP contribution in [0.3, 0.4) is 0 Å². The van der Waals surface area contributed by atoms with Crippen molar-refractivity contribution < 1.29 is 0 Å². The van der Waals surface area contributed by atoms with Gasteiger partial charge in [-0.2, -0.15) is 0 Å². The van der Waals surface area contributed by atoms with Crippen LogP contribution in [0.2, 0.25) is 0 Å². The molecule has 1 aliphatic carbocycles. The first-order valence-electron chi connectivity index (χ1n) is 6.47. The Morgan fingerprint density at radius 1 is 1.24 bits per heavy atom. The first-order chi connectivity index (χ1) is 8.27. The smallest absolute Gasteiger partial charge is 0.178 e. The van der Waals surface area contributed by atoms with E-state index in [9.17, 15) is 0 Å². The number of fused-ring (bicyclic) bond motifs is 1. The fourth-order valence-electron chi connectivity index (χ4n) is 2.99. The Kier molecular flexibility index (Phi) is 2.79. The molecule has 3 rings (SSSR count). The third-order valence-electron chi connectivity index (χ3n) is 3.90. The first-order valence-corrected chi connectivity index (χ1v) is 6.88. The molecule has 0 bridgehead atoms. The van der Waals surface area contributed by atoms with E-state index in [4.69, 9.17) is 12.2 Å². The molecule has 3 heteroatoms. The number of rotatable bonds is 1. The molecule has 1 saturated carbocycles. The van der Waals surface area contributed by atoms with Gasteiger partial charge < -0.3 is 9.55 Å². The van der Waals surface area contributed by atoms with Crippen molar-refractivity contribution in [1.82, 2.24) is 9.55 Å². The molecule has 1 aromatic heterocycles. The van der Waals surface area contributed by atoms with E-state index in [1.54, 1.807) is 0 Å². The molecule has 2 nitrogen and oxygen atoms in total. The zero-order valence-corrected chi connectivity index (χ0v) is 11.0. The number of aryl methyl sites for hydroxylation is 1. The number of nitrogens with one attached hydrogen (secondary N) is 1. The summed E-state index contributed by atoms with van der Waals surface area (Å²) in [5.41, 5.74) is 3.77. The summed E-state index contributed by atoms with van der Waals surface area (Å²) in [4.78, 5) is 3.37. The second-order valence-electron chi connectivity index (χ2n) is 5.06. The molecule has 0 radical (unpaired) electrons. The van der Waals surface area contributed by atoms with Gasteiger partial charge in [0, 0.05) is 6.04 Å². The first kappa shape index (κ1) is 11.0. The Bertz CT molecular complexity index is 588. The topological polar surface area (TPSA) is 20.7 Å². The second kappa shape index (κ2) is 4.30. The quantitative estimate of drug-likeness (QED) is 0.734. The van der Waals surface area contributed by atoms with Gasteiger partial charge >= 0.3 is 0 Å². The van der Waals surface area contributed by atoms with Gasteiger partial charge in [0.1, 0.15) is 0 Å². The van der Waals surface area contributed by atoms with Crippen LogP contribution in [0.15, 0.2) is 18.2 Å². The second-order valence-corrected chi connectivity index (χ2v) is 5.45. The summed E-state index contributed by atoms with van der Waals surface area (Å²) in [6, 6.07) is 7.05. The van der Waals surface area contributed by atoms with Gasteiger partial charge in [0.2, 0.25) is 0 Å². The van der Waals surface area contributed by atoms with Crippen LogP contribution in [0.1, 0.15) is 43.7 Å². The number of H-pyrrole nitrogens is 1. The van der Waals surface area contributed by atoms with Crippen LogP contribution >= 0.6 is 12.2 Å². The highest BCUT2D eigenvalue weighted by atomic mass is 32.1. The van der Waals surface area contributed by atoms with Gasteiger partial charge in [-0.1, -0.05) is 31.4 Å². The number of nitrogens with zero attached hydrogens (tertiary/aromatic N) is 1. The molecule has 17 heavy (non-hydrogen) atoms. The van der Waals surface area contributed by atoms with Gasteiger partial charge in [0.15, 0.2) is 4.77 Å². The minimum Gasteiger partial charge on any atom is -0.330 e. The molecule has 0 atom stereocenters. The van der Waals surface area contributed by atoms with Crippen LogP contribution in [-0.4, -0.2) is 9.55 Å². The van der Waals surface area contributed by atoms with Crippen molar-refractivity contribution in [2.75, 3.05) is 0 Å². The van der Waals surface area contributed by atoms with E-state index >= 15 is 0 Å². The van der Waals surface area contributed by atoms with Crippen molar-refractivity contribution >= 4 is 23.3 Å². The number of hydrogen-bond donors (Lipinski definition) is 1. The normalized spacial score (nSPS) is 17.7. The van der Waals surface area contributed by atoms with E-state index < -0.39 is 0 Å². The molecule has 2 aromatic rings. The van der Waals surface area contributed by atoms with Crippen molar-refractivity contribution in [3.05, 3.63) is 28.5 Å². The summed E-state index contributed by atoms with van der Waals surface area (Å²) in [5.74, 6) is 0. The van der Waals surface area contributed by atoms with Gasteiger partial charge in [0.05, 0.1) is 11.0 Å². The molecule has 0 spiro atoms. The lowest BCUT2D eigenvalue weighted by Crippen LogP contribution is -2.12. The molecule has 1 heterocycles. The summed E-state index contributed by atoms with van der Waals surface area (Å²) < 4.78 is 3.23. The predicted octanol–water partition coefficient (Wildman–Crippen LogP) is 4.51. The lowest BCUT2D eigenvalue weighted by molar-refractivity contribution is 0.357. The van der Waals surface area contributed by atoms with Gasteiger partial charge in [-0.25, -0.2) is 0 Å². The Balaban J connectivity index is 2.18. The van der Waals surface area contributed by atoms with Crippen molar-refractivity contribution in [2.45, 2.75) is 45.1 Å². The van der Waals surface area contributed by atoms with E-state index in [-0.39, 0.29) is 0 Å². The number of imidazole rings is 1. The maximum Gasteiger partial charge on any atom is 0.178 e. The minimum atomic E-state index is 0.604. The third kappa shape index (κ3) is 1.82. The SMILES string of the molecule is Cc1cccc2c1[nH]c(=S)n2C1CCCCC1. The van der Waals surface area contributed by atoms with Crippen molar-refractivity contribution in [1.29, 1.82) is 0 Å². The lowest BCUT2D eigenvalue weighted by Gasteiger charge is -2.23. The van der Waals surface area contributed by atoms with Crippen molar-refractivity contribution in [3.8, 4) is 0 Å². The standard InChI is InChI=1S/C14H18N2S/c1-10-6-5-9-12-13(10)15-14(17)16(12)11-7-3-2-4-8-11/h5-6,9,11H,2-4,7-8H2,1H3,(H,15,17). The number of hydrogen-bond acceptors (Lipinski definition) is 1. The number of benzene rings is 1. The average Bonchev–Trinajstić information content (AvgIpc) is 2.68. The van der Waals surface area contributed by atoms with Crippen LogP contribution in [0, 0.1) is 11.7 Å². The average molecular weight is 246 g/mol. The van der Waals surface area contributed by atoms with Crippen LogP contribution in [0.25, 0.3) is 11.0 Å². The zero-order valence-electron chi connectivity index (χ0n) is 10.2. The van der Waals surface area contributed by atoms with E-state index in [2.05, 4.69) is 34.7 Å². The van der Waals surface area contributed by atoms with Crippen molar-refractivity contribution in [2.24, 2.45) is 0 Å². The fourth-order valence-corrected chi connectivity index (χ4v) is 3.34. The van der Waals surface area contributed by atoms with Gasteiger partial charge in [0.25, 0.3) is 0 Å². The summed E-state index contributed by atoms with van der Waals surface area (Å²) in [5, 5.41) is 0. The lowest BCUT2D eigenvalue weighted by atomic mass is 9.95. The van der Waals surface area contributed by atoms with E-state index in [1.165, 1.54) is 48.7 Å². The minimum absolute atomic E-state index is 0.604. The molecule has 1 aliphatic rings. The molecular weight excluding hydrogens is 228 g/mol. The van der Waals surface area contributed by atoms with Crippen molar-refractivity contribution in [3.63, 3.8) is 0 Å². The van der Waals surface area contributed by atoms with Gasteiger partial charge in [-0.3, -0.25) is 0 Å². The molecule has 1 aromatic carbocycles. The summed E-state index contributed by atoms with van der Waals surface area (Å²) in [7, 11) is 0. The van der Waals surface area contributed by atoms with E-state index in [0.29, 0.717) is 6.04 Å². The molecule has 90 valence electrons. The summed E-state index contributed by atoms with van der Waals surface area (Å²) in [6.07, 6.45) is 6.60. The Labute approximate surface area is 107 Å². The molecular formula is C14H18N2S. The fraction of sp³-hybridized carbons (Fsp3) is 0.500.